The normalized spacial score (nSPS) is 17.9. The van der Waals surface area contributed by atoms with Crippen LogP contribution in [0.3, 0.4) is 0 Å². The largest absolute Gasteiger partial charge is 0.496 e. The molecule has 2 aliphatic rings. The van der Waals surface area contributed by atoms with Gasteiger partial charge in [-0.3, -0.25) is 9.20 Å². The Morgan fingerprint density at radius 2 is 1.86 bits per heavy atom. The molecule has 1 aliphatic carbocycles. The van der Waals surface area contributed by atoms with E-state index in [2.05, 4.69) is 43.7 Å². The van der Waals surface area contributed by atoms with Gasteiger partial charge in [0.1, 0.15) is 28.5 Å². The number of hydrogen-bond donors (Lipinski definition) is 0. The molecule has 240 valence electrons. The number of ether oxygens (including phenoxy) is 3. The Bertz CT molecular complexity index is 1470. The van der Waals surface area contributed by atoms with Crippen molar-refractivity contribution in [3.8, 4) is 28.5 Å². The Morgan fingerprint density at radius 1 is 1.11 bits per heavy atom. The molecular weight excluding hydrogens is 584 g/mol. The van der Waals surface area contributed by atoms with E-state index in [0.29, 0.717) is 35.3 Å². The lowest BCUT2D eigenvalue weighted by Crippen LogP contribution is -2.42. The number of pyridine rings is 1. The van der Waals surface area contributed by atoms with Crippen molar-refractivity contribution in [2.75, 3.05) is 40.0 Å². The maximum absolute atomic E-state index is 13.4. The van der Waals surface area contributed by atoms with E-state index in [0.717, 1.165) is 51.3 Å². The molecule has 1 saturated carbocycles. The van der Waals surface area contributed by atoms with Crippen molar-refractivity contribution >= 4 is 19.7 Å². The van der Waals surface area contributed by atoms with Gasteiger partial charge in [-0.25, -0.2) is 4.98 Å². The van der Waals surface area contributed by atoms with Crippen molar-refractivity contribution in [3.63, 3.8) is 0 Å². The van der Waals surface area contributed by atoms with Crippen LogP contribution in [0.25, 0.3) is 16.9 Å². The first-order valence-electron chi connectivity index (χ1n) is 15.5. The number of aromatic nitrogens is 2. The highest BCUT2D eigenvalue weighted by molar-refractivity contribution is 6.74. The highest BCUT2D eigenvalue weighted by atomic mass is 28.4. The Labute approximate surface area is 259 Å². The van der Waals surface area contributed by atoms with Crippen molar-refractivity contribution < 1.29 is 32.2 Å². The summed E-state index contributed by atoms with van der Waals surface area (Å²) in [5.41, 5.74) is 1.90. The van der Waals surface area contributed by atoms with Gasteiger partial charge in [0.15, 0.2) is 14.1 Å². The third kappa shape index (κ3) is 7.60. The number of hydrogen-bond acceptors (Lipinski definition) is 7. The number of fused-ring (bicyclic) bond motifs is 1. The number of alkyl halides is 2. The predicted molar refractivity (Wildman–Crippen MR) is 169 cm³/mol. The van der Waals surface area contributed by atoms with E-state index < -0.39 is 14.9 Å². The maximum atomic E-state index is 13.4. The van der Waals surface area contributed by atoms with Gasteiger partial charge in [-0.15, -0.1) is 0 Å². The molecule has 2 fully saturated rings. The molecule has 1 aliphatic heterocycles. The number of rotatable bonds is 14. The van der Waals surface area contributed by atoms with Crippen LogP contribution in [0.15, 0.2) is 36.7 Å². The molecule has 5 rings (SSSR count). The number of methoxy groups -OCH3 is 1. The van der Waals surface area contributed by atoms with Gasteiger partial charge in [-0.2, -0.15) is 8.78 Å². The Morgan fingerprint density at radius 3 is 2.55 bits per heavy atom. The van der Waals surface area contributed by atoms with Crippen LogP contribution < -0.4 is 14.2 Å². The van der Waals surface area contributed by atoms with Gasteiger partial charge in [-0.1, -0.05) is 20.8 Å². The highest BCUT2D eigenvalue weighted by Gasteiger charge is 2.37. The van der Waals surface area contributed by atoms with Crippen LogP contribution in [0, 0.1) is 11.8 Å². The lowest BCUT2D eigenvalue weighted by atomic mass is 10.00. The average molecular weight is 630 g/mol. The molecule has 0 N–H and O–H groups in total. The number of imidazole rings is 1. The number of carbonyl (C=O) groups is 1. The Hall–Kier alpha value is -3.02. The molecule has 1 atom stereocenters. The molecule has 0 radical (unpaired) electrons. The Kier molecular flexibility index (Phi) is 9.67. The number of Topliss-reactive ketones (excluding diaryl/α,β-unsaturated/α-hetero) is 1. The minimum Gasteiger partial charge on any atom is -0.496 e. The second-order valence-electron chi connectivity index (χ2n) is 13.6. The average Bonchev–Trinajstić information content (AvgIpc) is 3.48. The van der Waals surface area contributed by atoms with Crippen molar-refractivity contribution in [2.45, 2.75) is 71.2 Å². The minimum absolute atomic E-state index is 0.0570. The van der Waals surface area contributed by atoms with Crippen LogP contribution in [-0.4, -0.2) is 75.0 Å². The van der Waals surface area contributed by atoms with Crippen LogP contribution >= 0.6 is 0 Å². The summed E-state index contributed by atoms with van der Waals surface area (Å²) in [7, 11) is -0.316. The molecular formula is C33H45F2N3O5Si. The predicted octanol–water partition coefficient (Wildman–Crippen LogP) is 7.32. The quantitative estimate of drug-likeness (QED) is 0.137. The summed E-state index contributed by atoms with van der Waals surface area (Å²) in [6.45, 7) is 12.6. The van der Waals surface area contributed by atoms with Gasteiger partial charge in [-0.05, 0) is 68.1 Å². The summed E-state index contributed by atoms with van der Waals surface area (Å²) < 4.78 is 51.5. The van der Waals surface area contributed by atoms with Crippen molar-refractivity contribution in [2.24, 2.45) is 11.8 Å². The second-order valence-corrected chi connectivity index (χ2v) is 18.4. The van der Waals surface area contributed by atoms with Gasteiger partial charge in [0.25, 0.3) is 0 Å². The number of likely N-dealkylation sites (tertiary alicyclic amines) is 1. The SMILES string of the molecule is COc1cc(-c2cnc3cc(OC[C@H]4CCN(CCO[Si](C)(C)C(C)(C)C)C4)ccn23)cc(OC(F)F)c1C(=O)CC1CC1. The molecule has 0 unspecified atom stereocenters. The lowest BCUT2D eigenvalue weighted by Gasteiger charge is -2.36. The van der Waals surface area contributed by atoms with E-state index in [1.807, 2.05) is 22.7 Å². The minimum atomic E-state index is -3.08. The van der Waals surface area contributed by atoms with E-state index in [1.165, 1.54) is 13.2 Å². The summed E-state index contributed by atoms with van der Waals surface area (Å²) in [5.74, 6) is 1.21. The smallest absolute Gasteiger partial charge is 0.387 e. The second kappa shape index (κ2) is 13.1. The number of nitrogens with zero attached hydrogens (tertiary/aromatic N) is 3. The number of halogens is 2. The maximum Gasteiger partial charge on any atom is 0.387 e. The summed E-state index contributed by atoms with van der Waals surface area (Å²) in [4.78, 5) is 20.0. The molecule has 1 aromatic carbocycles. The van der Waals surface area contributed by atoms with Crippen molar-refractivity contribution in [3.05, 3.63) is 42.2 Å². The Balaban J connectivity index is 1.23. The van der Waals surface area contributed by atoms with E-state index in [1.54, 1.807) is 12.3 Å². The zero-order valence-corrected chi connectivity index (χ0v) is 27.7. The van der Waals surface area contributed by atoms with Crippen LogP contribution in [0.2, 0.25) is 18.1 Å². The number of ketones is 1. The van der Waals surface area contributed by atoms with Gasteiger partial charge in [0, 0.05) is 49.9 Å². The molecule has 44 heavy (non-hydrogen) atoms. The van der Waals surface area contributed by atoms with Gasteiger partial charge in [0.2, 0.25) is 0 Å². The van der Waals surface area contributed by atoms with E-state index in [4.69, 9.17) is 18.6 Å². The fourth-order valence-corrected chi connectivity index (χ4v) is 6.46. The third-order valence-corrected chi connectivity index (χ3v) is 13.8. The third-order valence-electron chi connectivity index (χ3n) is 9.26. The summed E-state index contributed by atoms with van der Waals surface area (Å²) in [5, 5.41) is 0.212. The fourth-order valence-electron chi connectivity index (χ4n) is 5.43. The van der Waals surface area contributed by atoms with Crippen LogP contribution in [-0.2, 0) is 4.43 Å². The van der Waals surface area contributed by atoms with Crippen molar-refractivity contribution in [1.29, 1.82) is 0 Å². The fraction of sp³-hybridized carbons (Fsp3) is 0.576. The molecule has 8 nitrogen and oxygen atoms in total. The zero-order valence-electron chi connectivity index (χ0n) is 26.7. The highest BCUT2D eigenvalue weighted by Crippen LogP contribution is 2.41. The van der Waals surface area contributed by atoms with E-state index in [-0.39, 0.29) is 34.3 Å². The van der Waals surface area contributed by atoms with Crippen LogP contribution in [0.5, 0.6) is 17.2 Å². The molecule has 11 heteroatoms. The number of carbonyl (C=O) groups excluding carboxylic acids is 1. The molecule has 3 heterocycles. The molecule has 0 amide bonds. The molecule has 1 saturated heterocycles. The first kappa shape index (κ1) is 32.4. The molecule has 2 aromatic heterocycles. The summed E-state index contributed by atoms with van der Waals surface area (Å²) in [6.07, 6.45) is 6.82. The number of benzene rings is 1. The first-order valence-corrected chi connectivity index (χ1v) is 18.4. The van der Waals surface area contributed by atoms with Crippen LogP contribution in [0.1, 0.15) is 56.8 Å². The standard InChI is InChI=1S/C33H45F2N3O5Si/c1-33(2,3)44(5,6)42-14-13-37-11-9-23(20-37)21-41-25-10-12-38-26(19-36-30(38)18-25)24-16-28(40-4)31(27(39)15-22-7-8-22)29(17-24)43-32(34)35/h10,12,16-19,22-23,32H,7-9,11,13-15,20-21H2,1-6H3/t23-/m0/s1. The summed E-state index contributed by atoms with van der Waals surface area (Å²) >= 11 is 0. The summed E-state index contributed by atoms with van der Waals surface area (Å²) in [6, 6.07) is 6.88. The molecule has 0 bridgehead atoms. The van der Waals surface area contributed by atoms with Gasteiger partial charge >= 0.3 is 6.61 Å². The molecule has 0 spiro atoms. The van der Waals surface area contributed by atoms with Gasteiger partial charge < -0.3 is 23.5 Å². The first-order chi connectivity index (χ1) is 20.8. The van der Waals surface area contributed by atoms with Gasteiger partial charge in [0.05, 0.1) is 25.6 Å². The topological polar surface area (TPSA) is 74.5 Å². The zero-order chi connectivity index (χ0) is 31.6. The van der Waals surface area contributed by atoms with Crippen LogP contribution in [0.4, 0.5) is 8.78 Å². The van der Waals surface area contributed by atoms with E-state index in [9.17, 15) is 13.6 Å². The lowest BCUT2D eigenvalue weighted by molar-refractivity contribution is -0.0502. The van der Waals surface area contributed by atoms with E-state index >= 15 is 0 Å². The van der Waals surface area contributed by atoms with Crippen molar-refractivity contribution in [1.82, 2.24) is 14.3 Å². The monoisotopic (exact) mass is 629 g/mol. The molecule has 3 aromatic rings.